The van der Waals surface area contributed by atoms with Gasteiger partial charge in [-0.05, 0) is 50.2 Å². The molecule has 8 heteroatoms. The van der Waals surface area contributed by atoms with Crippen molar-refractivity contribution in [3.8, 4) is 0 Å². The van der Waals surface area contributed by atoms with Crippen molar-refractivity contribution in [1.82, 2.24) is 20.6 Å². The molecule has 0 aliphatic carbocycles. The van der Waals surface area contributed by atoms with Crippen molar-refractivity contribution in [2.24, 2.45) is 0 Å². The standard InChI is InChI=1S/C18H20N6OS/c1-10-6-11(17(25)22-13-4-5-20-9-13)7-16(21-10)24-18-23-14-3-2-12(19)8-15(14)26-18/h2-3,6-8,13,20H,4-5,9,19H2,1H3,(H,22,25)(H,21,23,24)/t13-/m0/s1. The highest BCUT2D eigenvalue weighted by molar-refractivity contribution is 7.22. The first-order valence-corrected chi connectivity index (χ1v) is 9.32. The molecule has 1 saturated heterocycles. The van der Waals surface area contributed by atoms with Gasteiger partial charge in [-0.3, -0.25) is 4.79 Å². The van der Waals surface area contributed by atoms with Gasteiger partial charge in [0, 0.05) is 29.5 Å². The number of amides is 1. The van der Waals surface area contributed by atoms with Crippen LogP contribution < -0.4 is 21.7 Å². The smallest absolute Gasteiger partial charge is 0.251 e. The Morgan fingerprint density at radius 3 is 3.00 bits per heavy atom. The van der Waals surface area contributed by atoms with Gasteiger partial charge in [-0.25, -0.2) is 9.97 Å². The maximum absolute atomic E-state index is 12.5. The number of aryl methyl sites for hydroxylation is 1. The minimum atomic E-state index is -0.0793. The predicted octanol–water partition coefficient (Wildman–Crippen LogP) is 2.42. The summed E-state index contributed by atoms with van der Waals surface area (Å²) in [6, 6.07) is 9.35. The van der Waals surface area contributed by atoms with Crippen LogP contribution in [0.25, 0.3) is 10.2 Å². The fraction of sp³-hybridized carbons (Fsp3) is 0.278. The van der Waals surface area contributed by atoms with Crippen LogP contribution in [0.5, 0.6) is 0 Å². The van der Waals surface area contributed by atoms with Crippen molar-refractivity contribution >= 4 is 44.1 Å². The first-order chi connectivity index (χ1) is 12.6. The highest BCUT2D eigenvalue weighted by Crippen LogP contribution is 2.29. The summed E-state index contributed by atoms with van der Waals surface area (Å²) >= 11 is 1.50. The molecule has 0 radical (unpaired) electrons. The molecule has 0 saturated carbocycles. The van der Waals surface area contributed by atoms with Gasteiger partial charge in [0.1, 0.15) is 5.82 Å². The van der Waals surface area contributed by atoms with Crippen molar-refractivity contribution in [1.29, 1.82) is 0 Å². The molecule has 0 spiro atoms. The normalized spacial score (nSPS) is 16.7. The average molecular weight is 368 g/mol. The van der Waals surface area contributed by atoms with Gasteiger partial charge < -0.3 is 21.7 Å². The number of nitrogens with zero attached hydrogens (tertiary/aromatic N) is 2. The molecule has 5 N–H and O–H groups in total. The molecule has 1 aliphatic heterocycles. The average Bonchev–Trinajstić information content (AvgIpc) is 3.23. The molecular weight excluding hydrogens is 348 g/mol. The van der Waals surface area contributed by atoms with Crippen LogP contribution in [0.2, 0.25) is 0 Å². The number of rotatable bonds is 4. The number of carbonyl (C=O) groups is 1. The number of hydrogen-bond donors (Lipinski definition) is 4. The zero-order chi connectivity index (χ0) is 18.1. The van der Waals surface area contributed by atoms with Gasteiger partial charge >= 0.3 is 0 Å². The molecule has 7 nitrogen and oxygen atoms in total. The third kappa shape index (κ3) is 3.61. The monoisotopic (exact) mass is 368 g/mol. The summed E-state index contributed by atoms with van der Waals surface area (Å²) in [6.45, 7) is 3.63. The van der Waals surface area contributed by atoms with E-state index >= 15 is 0 Å². The molecule has 134 valence electrons. The molecule has 26 heavy (non-hydrogen) atoms. The van der Waals surface area contributed by atoms with E-state index in [4.69, 9.17) is 5.73 Å². The number of pyridine rings is 1. The van der Waals surface area contributed by atoms with Crippen molar-refractivity contribution < 1.29 is 4.79 Å². The molecule has 1 fully saturated rings. The molecular formula is C18H20N6OS. The van der Waals surface area contributed by atoms with E-state index in [1.807, 2.05) is 25.1 Å². The van der Waals surface area contributed by atoms with Gasteiger partial charge in [0.05, 0.1) is 10.2 Å². The predicted molar refractivity (Wildman–Crippen MR) is 105 cm³/mol. The molecule has 2 aromatic heterocycles. The Balaban J connectivity index is 1.55. The van der Waals surface area contributed by atoms with E-state index in [0.29, 0.717) is 17.1 Å². The quantitative estimate of drug-likeness (QED) is 0.527. The molecule has 0 unspecified atom stereocenters. The number of carbonyl (C=O) groups excluding carboxylic acids is 1. The Morgan fingerprint density at radius 1 is 1.31 bits per heavy atom. The van der Waals surface area contributed by atoms with Crippen LogP contribution >= 0.6 is 11.3 Å². The van der Waals surface area contributed by atoms with Crippen LogP contribution in [-0.4, -0.2) is 35.0 Å². The molecule has 1 amide bonds. The molecule has 1 atom stereocenters. The zero-order valence-electron chi connectivity index (χ0n) is 14.4. The van der Waals surface area contributed by atoms with Crippen molar-refractivity contribution in [3.63, 3.8) is 0 Å². The summed E-state index contributed by atoms with van der Waals surface area (Å²) in [7, 11) is 0. The summed E-state index contributed by atoms with van der Waals surface area (Å²) in [6.07, 6.45) is 0.954. The Hall–Kier alpha value is -2.71. The number of fused-ring (bicyclic) bond motifs is 1. The molecule has 4 rings (SSSR count). The first-order valence-electron chi connectivity index (χ1n) is 8.50. The number of nitrogens with two attached hydrogens (primary N) is 1. The molecule has 0 bridgehead atoms. The van der Waals surface area contributed by atoms with Gasteiger partial charge in [0.25, 0.3) is 5.91 Å². The van der Waals surface area contributed by atoms with E-state index in [-0.39, 0.29) is 11.9 Å². The zero-order valence-corrected chi connectivity index (χ0v) is 15.2. The highest BCUT2D eigenvalue weighted by atomic mass is 32.1. The van der Waals surface area contributed by atoms with Crippen LogP contribution in [0.3, 0.4) is 0 Å². The number of anilines is 3. The lowest BCUT2D eigenvalue weighted by atomic mass is 10.2. The minimum Gasteiger partial charge on any atom is -0.399 e. The van der Waals surface area contributed by atoms with Crippen LogP contribution in [0.1, 0.15) is 22.5 Å². The number of aromatic nitrogens is 2. The lowest BCUT2D eigenvalue weighted by molar-refractivity contribution is 0.0940. The lowest BCUT2D eigenvalue weighted by Gasteiger charge is -2.12. The fourth-order valence-electron chi connectivity index (χ4n) is 3.01. The number of benzene rings is 1. The Kier molecular flexibility index (Phi) is 4.44. The number of hydrogen-bond acceptors (Lipinski definition) is 7. The second-order valence-corrected chi connectivity index (χ2v) is 7.45. The van der Waals surface area contributed by atoms with Crippen LogP contribution in [-0.2, 0) is 0 Å². The molecule has 1 aromatic carbocycles. The number of thiazole rings is 1. The topological polar surface area (TPSA) is 105 Å². The third-order valence-corrected chi connectivity index (χ3v) is 5.19. The van der Waals surface area contributed by atoms with E-state index in [0.717, 1.165) is 40.6 Å². The van der Waals surface area contributed by atoms with E-state index in [1.54, 1.807) is 12.1 Å². The molecule has 3 aromatic rings. The second kappa shape index (κ2) is 6.89. The largest absolute Gasteiger partial charge is 0.399 e. The van der Waals surface area contributed by atoms with Crippen LogP contribution in [0.15, 0.2) is 30.3 Å². The summed E-state index contributed by atoms with van der Waals surface area (Å²) in [5, 5.41) is 10.2. The summed E-state index contributed by atoms with van der Waals surface area (Å²) < 4.78 is 1.01. The SMILES string of the molecule is Cc1cc(C(=O)N[C@H]2CCNC2)cc(Nc2nc3ccc(N)cc3s2)n1. The lowest BCUT2D eigenvalue weighted by Crippen LogP contribution is -2.36. The maximum Gasteiger partial charge on any atom is 0.251 e. The van der Waals surface area contributed by atoms with Gasteiger partial charge in [-0.15, -0.1) is 0 Å². The van der Waals surface area contributed by atoms with Crippen molar-refractivity contribution in [3.05, 3.63) is 41.6 Å². The Labute approximate surface area is 155 Å². The van der Waals surface area contributed by atoms with E-state index in [9.17, 15) is 4.79 Å². The van der Waals surface area contributed by atoms with Crippen molar-refractivity contribution in [2.75, 3.05) is 24.1 Å². The van der Waals surface area contributed by atoms with Crippen LogP contribution in [0.4, 0.5) is 16.6 Å². The Morgan fingerprint density at radius 2 is 2.19 bits per heavy atom. The summed E-state index contributed by atoms with van der Waals surface area (Å²) in [5.74, 6) is 0.524. The third-order valence-electron chi connectivity index (χ3n) is 4.26. The van der Waals surface area contributed by atoms with Gasteiger partial charge in [0.15, 0.2) is 5.13 Å². The molecule has 1 aliphatic rings. The number of nitrogen functional groups attached to an aromatic ring is 1. The van der Waals surface area contributed by atoms with Crippen molar-refractivity contribution in [2.45, 2.75) is 19.4 Å². The highest BCUT2D eigenvalue weighted by Gasteiger charge is 2.18. The second-order valence-electron chi connectivity index (χ2n) is 6.42. The van der Waals surface area contributed by atoms with E-state index in [2.05, 4.69) is 25.9 Å². The van der Waals surface area contributed by atoms with Gasteiger partial charge in [-0.1, -0.05) is 11.3 Å². The summed E-state index contributed by atoms with van der Waals surface area (Å²) in [5.41, 5.74) is 8.78. The van der Waals surface area contributed by atoms with E-state index < -0.39 is 0 Å². The van der Waals surface area contributed by atoms with Gasteiger partial charge in [0.2, 0.25) is 0 Å². The van der Waals surface area contributed by atoms with E-state index in [1.165, 1.54) is 11.3 Å². The first kappa shape index (κ1) is 16.7. The maximum atomic E-state index is 12.5. The van der Waals surface area contributed by atoms with Gasteiger partial charge in [-0.2, -0.15) is 0 Å². The number of nitrogens with one attached hydrogen (secondary N) is 3. The molecule has 3 heterocycles. The minimum absolute atomic E-state index is 0.0793. The Bertz CT molecular complexity index is 963. The fourth-order valence-corrected chi connectivity index (χ4v) is 3.94. The summed E-state index contributed by atoms with van der Waals surface area (Å²) in [4.78, 5) is 21.5. The van der Waals surface area contributed by atoms with Crippen LogP contribution in [0, 0.1) is 6.92 Å².